The second-order valence-corrected chi connectivity index (χ2v) is 13.5. The molecule has 8 heteroatoms. The van der Waals surface area contributed by atoms with Crippen molar-refractivity contribution < 1.29 is 38.2 Å². The number of quaternary nitrogens is 1. The van der Waals surface area contributed by atoms with Crippen LogP contribution >= 0.6 is 0 Å². The van der Waals surface area contributed by atoms with Crippen LogP contribution in [0.1, 0.15) is 149 Å². The average Bonchev–Trinajstić information content (AvgIpc) is 3.00. The Hall–Kier alpha value is -2.19. The van der Waals surface area contributed by atoms with Crippen LogP contribution in [0.4, 0.5) is 0 Å². The van der Waals surface area contributed by atoms with Gasteiger partial charge in [0.1, 0.15) is 6.61 Å². The lowest BCUT2D eigenvalue weighted by Gasteiger charge is -2.31. The topological polar surface area (TPSA) is 99.1 Å². The highest BCUT2D eigenvalue weighted by Crippen LogP contribution is 2.13. The molecular weight excluding hydrogens is 582 g/mol. The van der Waals surface area contributed by atoms with Gasteiger partial charge in [0, 0.05) is 19.3 Å². The molecule has 1 N–H and O–H groups in total. The third-order valence-electron chi connectivity index (χ3n) is 8.12. The van der Waals surface area contributed by atoms with E-state index in [0.29, 0.717) is 19.3 Å². The number of ether oxygens (including phenoxy) is 3. The van der Waals surface area contributed by atoms with Crippen molar-refractivity contribution in [2.75, 3.05) is 41.0 Å². The molecule has 2 atom stereocenters. The van der Waals surface area contributed by atoms with E-state index in [-0.39, 0.29) is 36.2 Å². The van der Waals surface area contributed by atoms with Gasteiger partial charge in [-0.15, -0.1) is 0 Å². The number of unbranched alkanes of at least 4 members (excludes halogenated alkanes) is 14. The highest BCUT2D eigenvalue weighted by Gasteiger charge is 2.31. The molecule has 2 unspecified atom stereocenters. The fourth-order valence-corrected chi connectivity index (χ4v) is 5.25. The number of carboxylic acids is 1. The van der Waals surface area contributed by atoms with Crippen LogP contribution in [0, 0.1) is 0 Å². The molecule has 8 nitrogen and oxygen atoms in total. The lowest BCUT2D eigenvalue weighted by molar-refractivity contribution is -0.887. The zero-order valence-corrected chi connectivity index (χ0v) is 30.3. The Morgan fingerprint density at radius 3 is 1.78 bits per heavy atom. The number of allylic oxidation sites excluding steroid dienone is 4. The Labute approximate surface area is 281 Å². The van der Waals surface area contributed by atoms with Crippen LogP contribution in [0.3, 0.4) is 0 Å². The monoisotopic (exact) mass is 653 g/mol. The van der Waals surface area contributed by atoms with Gasteiger partial charge < -0.3 is 23.8 Å². The molecule has 0 radical (unpaired) electrons. The summed E-state index contributed by atoms with van der Waals surface area (Å²) in [6, 6.07) is -0.612. The summed E-state index contributed by atoms with van der Waals surface area (Å²) in [6.07, 6.45) is 29.3. The first kappa shape index (κ1) is 43.8. The Kier molecular flexibility index (Phi) is 28.7. The maximum atomic E-state index is 12.6. The van der Waals surface area contributed by atoms with E-state index in [9.17, 15) is 19.5 Å². The molecule has 0 aliphatic carbocycles. The number of esters is 2. The molecule has 0 aromatic rings. The zero-order valence-electron chi connectivity index (χ0n) is 30.3. The number of aliphatic carboxylic acids is 1. The van der Waals surface area contributed by atoms with Gasteiger partial charge >= 0.3 is 17.9 Å². The van der Waals surface area contributed by atoms with E-state index in [0.717, 1.165) is 70.6 Å². The predicted octanol–water partition coefficient (Wildman–Crippen LogP) is 8.96. The number of likely N-dealkylation sites (N-methyl/N-ethyl adjacent to an activating group) is 1. The van der Waals surface area contributed by atoms with Crippen LogP contribution in [0.2, 0.25) is 0 Å². The molecule has 0 heterocycles. The van der Waals surface area contributed by atoms with Crippen LogP contribution in [-0.2, 0) is 28.6 Å². The van der Waals surface area contributed by atoms with Crippen LogP contribution in [-0.4, -0.2) is 80.6 Å². The highest BCUT2D eigenvalue weighted by atomic mass is 16.6. The first-order valence-corrected chi connectivity index (χ1v) is 18.4. The van der Waals surface area contributed by atoms with Gasteiger partial charge in [0.25, 0.3) is 0 Å². The average molecular weight is 653 g/mol. The van der Waals surface area contributed by atoms with Gasteiger partial charge in [-0.2, -0.15) is 0 Å². The first-order valence-electron chi connectivity index (χ1n) is 18.4. The van der Waals surface area contributed by atoms with E-state index in [4.69, 9.17) is 14.2 Å². The van der Waals surface area contributed by atoms with E-state index in [1.54, 1.807) is 0 Å². The zero-order chi connectivity index (χ0) is 34.3. The fraction of sp³-hybridized carbons (Fsp3) is 0.816. The van der Waals surface area contributed by atoms with E-state index in [1.165, 1.54) is 44.9 Å². The van der Waals surface area contributed by atoms with Gasteiger partial charge in [-0.1, -0.05) is 115 Å². The summed E-state index contributed by atoms with van der Waals surface area (Å²) in [5.74, 6) is -1.49. The standard InChI is InChI=1S/C38H69NO7/c1-6-8-10-12-14-16-18-19-21-23-25-27-29-37(41)46-34(32-44-31-30-35(38(42)43)39(3,4)5)33-45-36(40)28-26-24-22-20-17-15-13-11-9-7-2/h8,10,14,16,34-35H,6-7,9,11-13,15,17-33H2,1-5H3/p+1/b10-8+,16-14+. The van der Waals surface area contributed by atoms with Crippen LogP contribution < -0.4 is 0 Å². The van der Waals surface area contributed by atoms with E-state index in [1.807, 2.05) is 21.1 Å². The second-order valence-electron chi connectivity index (χ2n) is 13.5. The molecular formula is C38H70NO7+. The first-order chi connectivity index (χ1) is 22.1. The summed E-state index contributed by atoms with van der Waals surface area (Å²) < 4.78 is 17.1. The molecule has 0 aromatic heterocycles. The number of rotatable bonds is 32. The summed E-state index contributed by atoms with van der Waals surface area (Å²) in [4.78, 5) is 36.7. The van der Waals surface area contributed by atoms with Gasteiger partial charge in [-0.05, 0) is 38.5 Å². The lowest BCUT2D eigenvalue weighted by atomic mass is 10.1. The van der Waals surface area contributed by atoms with Crippen LogP contribution in [0.5, 0.6) is 0 Å². The lowest BCUT2D eigenvalue weighted by Crippen LogP contribution is -2.50. The normalized spacial score (nSPS) is 13.3. The molecule has 0 aliphatic heterocycles. The Morgan fingerprint density at radius 1 is 0.674 bits per heavy atom. The summed E-state index contributed by atoms with van der Waals surface area (Å²) >= 11 is 0. The van der Waals surface area contributed by atoms with Crippen molar-refractivity contribution in [2.45, 2.75) is 161 Å². The third-order valence-corrected chi connectivity index (χ3v) is 8.12. The molecule has 0 bridgehead atoms. The predicted molar refractivity (Wildman–Crippen MR) is 188 cm³/mol. The van der Waals surface area contributed by atoms with Crippen molar-refractivity contribution >= 4 is 17.9 Å². The van der Waals surface area contributed by atoms with Crippen LogP contribution in [0.15, 0.2) is 24.3 Å². The number of nitrogens with zero attached hydrogens (tertiary/aromatic N) is 1. The molecule has 0 aromatic carbocycles. The number of carbonyl (C=O) groups excluding carboxylic acids is 2. The second kappa shape index (κ2) is 30.2. The molecule has 0 aliphatic rings. The van der Waals surface area contributed by atoms with Crippen molar-refractivity contribution in [2.24, 2.45) is 0 Å². The SMILES string of the molecule is CC/C=C/C/C=C/CCCCCCCC(=O)OC(COCCC(C(=O)O)[N+](C)(C)C)COC(=O)CCCCCCCCCCCC. The minimum Gasteiger partial charge on any atom is -0.477 e. The summed E-state index contributed by atoms with van der Waals surface area (Å²) in [5.41, 5.74) is 0. The molecule has 268 valence electrons. The van der Waals surface area contributed by atoms with Crippen molar-refractivity contribution in [1.82, 2.24) is 0 Å². The summed E-state index contributed by atoms with van der Waals surface area (Å²) in [6.45, 7) is 4.58. The van der Waals surface area contributed by atoms with Gasteiger partial charge in [0.2, 0.25) is 0 Å². The van der Waals surface area contributed by atoms with Gasteiger partial charge in [0.15, 0.2) is 12.1 Å². The summed E-state index contributed by atoms with van der Waals surface area (Å²) in [5, 5.41) is 9.56. The fourth-order valence-electron chi connectivity index (χ4n) is 5.25. The minimum atomic E-state index is -0.878. The number of hydrogen-bond donors (Lipinski definition) is 1. The van der Waals surface area contributed by atoms with Gasteiger partial charge in [-0.25, -0.2) is 4.79 Å². The molecule has 0 rings (SSSR count). The molecule has 46 heavy (non-hydrogen) atoms. The number of hydrogen-bond acceptors (Lipinski definition) is 6. The highest BCUT2D eigenvalue weighted by molar-refractivity contribution is 5.72. The minimum absolute atomic E-state index is 0.0538. The quantitative estimate of drug-likeness (QED) is 0.0335. The van der Waals surface area contributed by atoms with E-state index < -0.39 is 18.1 Å². The maximum absolute atomic E-state index is 12.6. The summed E-state index contributed by atoms with van der Waals surface area (Å²) in [7, 11) is 5.51. The molecule has 0 spiro atoms. The Bertz CT molecular complexity index is 818. The maximum Gasteiger partial charge on any atom is 0.362 e. The van der Waals surface area contributed by atoms with Crippen molar-refractivity contribution in [3.8, 4) is 0 Å². The number of carboxylic acid groups (broad SMARTS) is 1. The van der Waals surface area contributed by atoms with Crippen molar-refractivity contribution in [1.29, 1.82) is 0 Å². The third kappa shape index (κ3) is 28.1. The molecule has 0 amide bonds. The van der Waals surface area contributed by atoms with Crippen molar-refractivity contribution in [3.63, 3.8) is 0 Å². The van der Waals surface area contributed by atoms with E-state index in [2.05, 4.69) is 38.2 Å². The molecule has 0 fully saturated rings. The Morgan fingerprint density at radius 2 is 1.22 bits per heavy atom. The number of carbonyl (C=O) groups is 3. The van der Waals surface area contributed by atoms with Gasteiger partial charge in [0.05, 0.1) is 34.4 Å². The van der Waals surface area contributed by atoms with Gasteiger partial charge in [-0.3, -0.25) is 9.59 Å². The largest absolute Gasteiger partial charge is 0.477 e. The van der Waals surface area contributed by atoms with Crippen molar-refractivity contribution in [3.05, 3.63) is 24.3 Å². The van der Waals surface area contributed by atoms with E-state index >= 15 is 0 Å². The molecule has 0 saturated heterocycles. The van der Waals surface area contributed by atoms with Crippen LogP contribution in [0.25, 0.3) is 0 Å². The smallest absolute Gasteiger partial charge is 0.362 e. The Balaban J connectivity index is 4.47. The molecule has 0 saturated carbocycles.